The summed E-state index contributed by atoms with van der Waals surface area (Å²) in [7, 11) is 0. The molecule has 88 valence electrons. The van der Waals surface area contributed by atoms with Crippen LogP contribution >= 0.6 is 15.9 Å². The highest BCUT2D eigenvalue weighted by Crippen LogP contribution is 2.30. The van der Waals surface area contributed by atoms with Crippen LogP contribution in [0.25, 0.3) is 0 Å². The molecule has 1 aliphatic rings. The Kier molecular flexibility index (Phi) is 3.87. The fraction of sp³-hybridized carbons (Fsp3) is 0.538. The molecule has 0 aromatic heterocycles. The predicted octanol–water partition coefficient (Wildman–Crippen LogP) is 3.68. The van der Waals surface area contributed by atoms with Gasteiger partial charge in [-0.25, -0.2) is 0 Å². The van der Waals surface area contributed by atoms with Crippen LogP contribution in [0.5, 0.6) is 0 Å². The van der Waals surface area contributed by atoms with Gasteiger partial charge in [0.25, 0.3) is 0 Å². The summed E-state index contributed by atoms with van der Waals surface area (Å²) in [5, 5.41) is 3.51. The summed E-state index contributed by atoms with van der Waals surface area (Å²) >= 11 is 3.48. The second-order valence-corrected chi connectivity index (χ2v) is 5.70. The van der Waals surface area contributed by atoms with Gasteiger partial charge in [-0.15, -0.1) is 0 Å². The average molecular weight is 284 g/mol. The molecule has 3 heteroatoms. The predicted molar refractivity (Wildman–Crippen MR) is 70.8 cm³/mol. The van der Waals surface area contributed by atoms with Crippen LogP contribution in [0.4, 0.5) is 5.69 Å². The average Bonchev–Trinajstić information content (AvgIpc) is 2.28. The van der Waals surface area contributed by atoms with Gasteiger partial charge in [-0.1, -0.05) is 28.9 Å². The molecule has 0 radical (unpaired) electrons. The molecule has 1 saturated heterocycles. The van der Waals surface area contributed by atoms with Crippen molar-refractivity contribution in [3.05, 3.63) is 28.7 Å². The van der Waals surface area contributed by atoms with Gasteiger partial charge in [-0.2, -0.15) is 0 Å². The molecule has 0 amide bonds. The van der Waals surface area contributed by atoms with Crippen LogP contribution in [0.1, 0.15) is 19.8 Å². The normalized spacial score (nSPS) is 19.4. The van der Waals surface area contributed by atoms with E-state index in [9.17, 15) is 0 Å². The Morgan fingerprint density at radius 3 is 2.81 bits per heavy atom. The molecule has 0 unspecified atom stereocenters. The van der Waals surface area contributed by atoms with E-state index >= 15 is 0 Å². The van der Waals surface area contributed by atoms with Crippen molar-refractivity contribution in [2.24, 2.45) is 5.41 Å². The summed E-state index contributed by atoms with van der Waals surface area (Å²) in [6.45, 7) is 5.15. The van der Waals surface area contributed by atoms with Crippen molar-refractivity contribution < 1.29 is 4.74 Å². The second-order valence-electron chi connectivity index (χ2n) is 4.79. The quantitative estimate of drug-likeness (QED) is 0.914. The van der Waals surface area contributed by atoms with Crippen molar-refractivity contribution in [2.45, 2.75) is 19.8 Å². The van der Waals surface area contributed by atoms with Crippen molar-refractivity contribution in [3.8, 4) is 0 Å². The van der Waals surface area contributed by atoms with Gasteiger partial charge in [-0.05, 0) is 36.5 Å². The van der Waals surface area contributed by atoms with Crippen LogP contribution < -0.4 is 5.32 Å². The van der Waals surface area contributed by atoms with Crippen molar-refractivity contribution in [1.29, 1.82) is 0 Å². The molecule has 1 N–H and O–H groups in total. The van der Waals surface area contributed by atoms with Crippen LogP contribution in [0.2, 0.25) is 0 Å². The van der Waals surface area contributed by atoms with Gasteiger partial charge >= 0.3 is 0 Å². The van der Waals surface area contributed by atoms with Gasteiger partial charge in [0, 0.05) is 29.9 Å². The largest absolute Gasteiger partial charge is 0.384 e. The monoisotopic (exact) mass is 283 g/mol. The Balaban J connectivity index is 1.91. The molecule has 1 fully saturated rings. The van der Waals surface area contributed by atoms with Gasteiger partial charge in [0.15, 0.2) is 0 Å². The first-order chi connectivity index (χ1) is 7.68. The molecule has 1 aromatic carbocycles. The third-order valence-corrected chi connectivity index (χ3v) is 3.74. The van der Waals surface area contributed by atoms with Crippen LogP contribution in [0.15, 0.2) is 28.7 Å². The summed E-state index contributed by atoms with van der Waals surface area (Å²) in [6.07, 6.45) is 2.29. The van der Waals surface area contributed by atoms with E-state index in [-0.39, 0.29) is 0 Å². The van der Waals surface area contributed by atoms with E-state index in [0.717, 1.165) is 37.1 Å². The molecule has 16 heavy (non-hydrogen) atoms. The van der Waals surface area contributed by atoms with E-state index in [4.69, 9.17) is 4.74 Å². The van der Waals surface area contributed by atoms with Gasteiger partial charge in [0.05, 0.1) is 0 Å². The molecule has 1 aliphatic heterocycles. The van der Waals surface area contributed by atoms with Crippen LogP contribution in [-0.2, 0) is 4.74 Å². The number of ether oxygens (including phenoxy) is 1. The molecule has 1 aromatic rings. The molecule has 0 bridgehead atoms. The molecule has 1 heterocycles. The molecular formula is C13H18BrNO. The molecule has 2 rings (SSSR count). The van der Waals surface area contributed by atoms with E-state index in [2.05, 4.69) is 46.4 Å². The maximum Gasteiger partial charge on any atom is 0.0471 e. The maximum absolute atomic E-state index is 5.40. The molecule has 0 atom stereocenters. The number of benzene rings is 1. The molecule has 0 spiro atoms. The smallest absolute Gasteiger partial charge is 0.0471 e. The number of hydrogen-bond donors (Lipinski definition) is 1. The third kappa shape index (κ3) is 3.22. The van der Waals surface area contributed by atoms with E-state index in [1.54, 1.807) is 0 Å². The SMILES string of the molecule is CC1(CNc2cccc(Br)c2)CCOCC1. The minimum atomic E-state index is 0.376. The van der Waals surface area contributed by atoms with E-state index < -0.39 is 0 Å². The summed E-state index contributed by atoms with van der Waals surface area (Å²) < 4.78 is 6.52. The fourth-order valence-electron chi connectivity index (χ4n) is 1.95. The number of anilines is 1. The van der Waals surface area contributed by atoms with Gasteiger partial charge < -0.3 is 10.1 Å². The lowest BCUT2D eigenvalue weighted by atomic mass is 9.82. The maximum atomic E-state index is 5.40. The number of nitrogens with one attached hydrogen (secondary N) is 1. The van der Waals surface area contributed by atoms with E-state index in [1.807, 2.05) is 6.07 Å². The summed E-state index contributed by atoms with van der Waals surface area (Å²) in [6, 6.07) is 8.32. The highest BCUT2D eigenvalue weighted by molar-refractivity contribution is 9.10. The summed E-state index contributed by atoms with van der Waals surface area (Å²) in [4.78, 5) is 0. The topological polar surface area (TPSA) is 21.3 Å². The first-order valence-corrected chi connectivity index (χ1v) is 6.54. The van der Waals surface area contributed by atoms with Gasteiger partial charge in [-0.3, -0.25) is 0 Å². The molecular weight excluding hydrogens is 266 g/mol. The van der Waals surface area contributed by atoms with Crippen molar-refractivity contribution in [2.75, 3.05) is 25.1 Å². The first-order valence-electron chi connectivity index (χ1n) is 5.75. The first kappa shape index (κ1) is 11.9. The Hall–Kier alpha value is -0.540. The van der Waals surface area contributed by atoms with Gasteiger partial charge in [0.2, 0.25) is 0 Å². The Bertz CT molecular complexity index is 348. The van der Waals surface area contributed by atoms with E-state index in [0.29, 0.717) is 5.41 Å². The summed E-state index contributed by atoms with van der Waals surface area (Å²) in [5.74, 6) is 0. The lowest BCUT2D eigenvalue weighted by molar-refractivity contribution is 0.0300. The van der Waals surface area contributed by atoms with Crippen LogP contribution in [0.3, 0.4) is 0 Å². The lowest BCUT2D eigenvalue weighted by Gasteiger charge is -2.33. The minimum absolute atomic E-state index is 0.376. The number of hydrogen-bond acceptors (Lipinski definition) is 2. The van der Waals surface area contributed by atoms with Crippen molar-refractivity contribution in [1.82, 2.24) is 0 Å². The standard InChI is InChI=1S/C13H18BrNO/c1-13(5-7-16-8-6-13)10-15-12-4-2-3-11(14)9-12/h2-4,9,15H,5-8,10H2,1H3. The second kappa shape index (κ2) is 5.19. The molecule has 0 saturated carbocycles. The van der Waals surface area contributed by atoms with Crippen molar-refractivity contribution in [3.63, 3.8) is 0 Å². The zero-order chi connectivity index (χ0) is 11.4. The van der Waals surface area contributed by atoms with Gasteiger partial charge in [0.1, 0.15) is 0 Å². The van der Waals surface area contributed by atoms with E-state index in [1.165, 1.54) is 5.69 Å². The Labute approximate surface area is 106 Å². The third-order valence-electron chi connectivity index (χ3n) is 3.24. The summed E-state index contributed by atoms with van der Waals surface area (Å²) in [5.41, 5.74) is 1.56. The molecule has 2 nitrogen and oxygen atoms in total. The Morgan fingerprint density at radius 2 is 2.12 bits per heavy atom. The van der Waals surface area contributed by atoms with Crippen molar-refractivity contribution >= 4 is 21.6 Å². The zero-order valence-corrected chi connectivity index (χ0v) is 11.2. The lowest BCUT2D eigenvalue weighted by Crippen LogP contribution is -2.33. The zero-order valence-electron chi connectivity index (χ0n) is 9.63. The number of rotatable bonds is 3. The highest BCUT2D eigenvalue weighted by atomic mass is 79.9. The fourth-order valence-corrected chi connectivity index (χ4v) is 2.35. The van der Waals surface area contributed by atoms with Crippen LogP contribution in [-0.4, -0.2) is 19.8 Å². The highest BCUT2D eigenvalue weighted by Gasteiger charge is 2.26. The minimum Gasteiger partial charge on any atom is -0.384 e. The van der Waals surface area contributed by atoms with Crippen LogP contribution in [0, 0.1) is 5.41 Å². The number of halogens is 1. The Morgan fingerprint density at radius 1 is 1.38 bits per heavy atom. The molecule has 0 aliphatic carbocycles.